The van der Waals surface area contributed by atoms with Gasteiger partial charge >= 0.3 is 0 Å². The number of aryl methyl sites for hydroxylation is 2. The van der Waals surface area contributed by atoms with Crippen molar-refractivity contribution in [2.75, 3.05) is 0 Å². The Morgan fingerprint density at radius 2 is 2.00 bits per heavy atom. The van der Waals surface area contributed by atoms with Gasteiger partial charge < -0.3 is 5.73 Å². The molecule has 17 heavy (non-hydrogen) atoms. The van der Waals surface area contributed by atoms with Gasteiger partial charge in [-0.3, -0.25) is 0 Å². The van der Waals surface area contributed by atoms with Gasteiger partial charge in [-0.2, -0.15) is 0 Å². The molecule has 0 unspecified atom stereocenters. The summed E-state index contributed by atoms with van der Waals surface area (Å²) in [6.07, 6.45) is 1.05. The van der Waals surface area contributed by atoms with E-state index in [-0.39, 0.29) is 0 Å². The van der Waals surface area contributed by atoms with Gasteiger partial charge in [0.15, 0.2) is 0 Å². The summed E-state index contributed by atoms with van der Waals surface area (Å²) in [5.41, 5.74) is 9.02. The van der Waals surface area contributed by atoms with E-state index in [2.05, 4.69) is 36.2 Å². The molecule has 0 aliphatic heterocycles. The second kappa shape index (κ2) is 4.94. The van der Waals surface area contributed by atoms with Crippen LogP contribution in [0.1, 0.15) is 23.1 Å². The molecule has 1 aromatic heterocycles. The summed E-state index contributed by atoms with van der Waals surface area (Å²) in [4.78, 5) is 5.85. The molecule has 0 aliphatic carbocycles. The van der Waals surface area contributed by atoms with Crippen LogP contribution in [0.25, 0.3) is 10.6 Å². The van der Waals surface area contributed by atoms with E-state index in [9.17, 15) is 0 Å². The van der Waals surface area contributed by atoms with Crippen molar-refractivity contribution in [1.82, 2.24) is 4.98 Å². The van der Waals surface area contributed by atoms with E-state index in [0.717, 1.165) is 27.6 Å². The normalized spacial score (nSPS) is 10.5. The Morgan fingerprint density at radius 1 is 1.35 bits per heavy atom. The van der Waals surface area contributed by atoms with Crippen LogP contribution in [-0.2, 0) is 6.42 Å². The zero-order valence-electron chi connectivity index (χ0n) is 9.86. The molecule has 2 N–H and O–H groups in total. The first-order valence-electron chi connectivity index (χ1n) is 5.48. The third kappa shape index (κ3) is 2.53. The lowest BCUT2D eigenvalue weighted by Gasteiger charge is -1.98. The Labute approximate surface area is 111 Å². The van der Waals surface area contributed by atoms with Gasteiger partial charge in [0.05, 0.1) is 10.6 Å². The molecule has 0 saturated heterocycles. The van der Waals surface area contributed by atoms with Crippen LogP contribution in [-0.4, -0.2) is 9.97 Å². The fraction of sp³-hybridized carbons (Fsp3) is 0.231. The number of aromatic nitrogens is 1. The highest BCUT2D eigenvalue weighted by atomic mass is 32.1. The molecule has 0 fully saturated rings. The molecule has 2 aromatic rings. The molecule has 4 heteroatoms. The van der Waals surface area contributed by atoms with E-state index in [4.69, 9.17) is 18.0 Å². The molecule has 0 saturated carbocycles. The van der Waals surface area contributed by atoms with Crippen LogP contribution in [0.4, 0.5) is 0 Å². The van der Waals surface area contributed by atoms with Crippen LogP contribution in [0, 0.1) is 6.92 Å². The van der Waals surface area contributed by atoms with Crippen molar-refractivity contribution in [3.8, 4) is 10.6 Å². The van der Waals surface area contributed by atoms with Gasteiger partial charge in [0, 0.05) is 5.56 Å². The molecule has 1 aromatic carbocycles. The lowest BCUT2D eigenvalue weighted by atomic mass is 10.1. The Hall–Kier alpha value is -1.26. The second-order valence-corrected chi connectivity index (χ2v) is 5.29. The highest BCUT2D eigenvalue weighted by Crippen LogP contribution is 2.28. The van der Waals surface area contributed by atoms with Gasteiger partial charge in [-0.25, -0.2) is 4.98 Å². The zero-order chi connectivity index (χ0) is 12.4. The van der Waals surface area contributed by atoms with Crippen LogP contribution in [0.2, 0.25) is 0 Å². The van der Waals surface area contributed by atoms with Crippen LogP contribution in [0.3, 0.4) is 0 Å². The fourth-order valence-electron chi connectivity index (χ4n) is 1.63. The van der Waals surface area contributed by atoms with Gasteiger partial charge in [0.1, 0.15) is 10.00 Å². The molecule has 0 atom stereocenters. The van der Waals surface area contributed by atoms with Gasteiger partial charge in [0.25, 0.3) is 0 Å². The quantitative estimate of drug-likeness (QED) is 0.862. The lowest BCUT2D eigenvalue weighted by molar-refractivity contribution is 1.14. The Bertz CT molecular complexity index is 541. The van der Waals surface area contributed by atoms with E-state index in [0.29, 0.717) is 4.99 Å². The number of thiocarbonyl (C=S) groups is 1. The van der Waals surface area contributed by atoms with E-state index >= 15 is 0 Å². The maximum absolute atomic E-state index is 5.65. The minimum atomic E-state index is 0.427. The molecular formula is C13H14N2S2. The molecule has 2 rings (SSSR count). The number of benzene rings is 1. The monoisotopic (exact) mass is 262 g/mol. The first-order valence-corrected chi connectivity index (χ1v) is 6.71. The van der Waals surface area contributed by atoms with E-state index in [1.165, 1.54) is 5.56 Å². The van der Waals surface area contributed by atoms with Crippen LogP contribution in [0.15, 0.2) is 24.3 Å². The zero-order valence-corrected chi connectivity index (χ0v) is 11.5. The third-order valence-corrected chi connectivity index (χ3v) is 4.20. The third-order valence-electron chi connectivity index (χ3n) is 2.63. The fourth-order valence-corrected chi connectivity index (χ4v) is 2.83. The molecule has 0 spiro atoms. The first-order chi connectivity index (χ1) is 8.11. The summed E-state index contributed by atoms with van der Waals surface area (Å²) >= 11 is 6.56. The summed E-state index contributed by atoms with van der Waals surface area (Å²) in [7, 11) is 0. The maximum Gasteiger partial charge on any atom is 0.124 e. The lowest BCUT2D eigenvalue weighted by Crippen LogP contribution is -2.08. The van der Waals surface area contributed by atoms with Crippen molar-refractivity contribution >= 4 is 28.5 Å². The highest BCUT2D eigenvalue weighted by Gasteiger charge is 2.10. The number of hydrogen-bond donors (Lipinski definition) is 1. The van der Waals surface area contributed by atoms with E-state index < -0.39 is 0 Å². The molecule has 0 aliphatic rings. The number of nitrogens with zero attached hydrogens (tertiary/aromatic N) is 1. The number of hydrogen-bond acceptors (Lipinski definition) is 3. The summed E-state index contributed by atoms with van der Waals surface area (Å²) in [6.45, 7) is 4.09. The van der Waals surface area contributed by atoms with E-state index in [1.54, 1.807) is 11.3 Å². The van der Waals surface area contributed by atoms with Gasteiger partial charge in [-0.15, -0.1) is 11.3 Å². The Kier molecular flexibility index (Phi) is 3.54. The summed E-state index contributed by atoms with van der Waals surface area (Å²) in [5.74, 6) is 0. The average Bonchev–Trinajstić information content (AvgIpc) is 2.71. The Balaban J connectivity index is 2.39. The van der Waals surface area contributed by atoms with Crippen molar-refractivity contribution in [3.05, 3.63) is 40.4 Å². The average molecular weight is 262 g/mol. The molecule has 0 amide bonds. The standard InChI is InChI=1S/C13H14N2S2/c1-3-9-4-6-10(7-5-9)13-15-8(2)11(17-13)12(14)16/h4-7H,3H2,1-2H3,(H2,14,16). The van der Waals surface area contributed by atoms with Crippen molar-refractivity contribution < 1.29 is 0 Å². The van der Waals surface area contributed by atoms with Gasteiger partial charge in [0.2, 0.25) is 0 Å². The number of nitrogens with two attached hydrogens (primary N) is 1. The highest BCUT2D eigenvalue weighted by molar-refractivity contribution is 7.81. The van der Waals surface area contributed by atoms with Crippen LogP contribution >= 0.6 is 23.6 Å². The molecule has 0 bridgehead atoms. The summed E-state index contributed by atoms with van der Waals surface area (Å²) in [5, 5.41) is 0.980. The number of rotatable bonds is 3. The molecular weight excluding hydrogens is 248 g/mol. The first kappa shape index (κ1) is 12.2. The molecule has 88 valence electrons. The van der Waals surface area contributed by atoms with Gasteiger partial charge in [-0.1, -0.05) is 43.4 Å². The molecule has 0 radical (unpaired) electrons. The van der Waals surface area contributed by atoms with Crippen molar-refractivity contribution in [1.29, 1.82) is 0 Å². The SMILES string of the molecule is CCc1ccc(-c2nc(C)c(C(N)=S)s2)cc1. The van der Waals surface area contributed by atoms with E-state index in [1.807, 2.05) is 6.92 Å². The second-order valence-electron chi connectivity index (χ2n) is 3.85. The minimum Gasteiger partial charge on any atom is -0.389 e. The maximum atomic E-state index is 5.65. The van der Waals surface area contributed by atoms with Crippen LogP contribution < -0.4 is 5.73 Å². The van der Waals surface area contributed by atoms with Crippen LogP contribution in [0.5, 0.6) is 0 Å². The topological polar surface area (TPSA) is 38.9 Å². The number of thiazole rings is 1. The molecule has 1 heterocycles. The smallest absolute Gasteiger partial charge is 0.124 e. The Morgan fingerprint density at radius 3 is 2.47 bits per heavy atom. The summed E-state index contributed by atoms with van der Waals surface area (Å²) < 4.78 is 0. The van der Waals surface area contributed by atoms with Crippen molar-refractivity contribution in [3.63, 3.8) is 0 Å². The van der Waals surface area contributed by atoms with Crippen molar-refractivity contribution in [2.24, 2.45) is 5.73 Å². The minimum absolute atomic E-state index is 0.427. The van der Waals surface area contributed by atoms with Crippen molar-refractivity contribution in [2.45, 2.75) is 20.3 Å². The molecule has 2 nitrogen and oxygen atoms in total. The predicted octanol–water partition coefficient (Wildman–Crippen LogP) is 3.32. The summed E-state index contributed by atoms with van der Waals surface area (Å²) in [6, 6.07) is 8.46. The predicted molar refractivity (Wildman–Crippen MR) is 77.6 cm³/mol. The van der Waals surface area contributed by atoms with Gasteiger partial charge in [-0.05, 0) is 18.9 Å². The largest absolute Gasteiger partial charge is 0.389 e.